The Morgan fingerprint density at radius 3 is 2.88 bits per heavy atom. The van der Waals surface area contributed by atoms with Crippen LogP contribution < -0.4 is 0 Å². The maximum atomic E-state index is 5.35. The van der Waals surface area contributed by atoms with Crippen LogP contribution in [0.25, 0.3) is 0 Å². The molecule has 0 radical (unpaired) electrons. The zero-order chi connectivity index (χ0) is 11.4. The zero-order valence-electron chi connectivity index (χ0n) is 9.31. The molecule has 2 heterocycles. The summed E-state index contributed by atoms with van der Waals surface area (Å²) >= 11 is 6.96. The van der Waals surface area contributed by atoms with Crippen LogP contribution in [0.2, 0.25) is 0 Å². The van der Waals surface area contributed by atoms with Crippen molar-refractivity contribution in [2.45, 2.75) is 31.9 Å². The summed E-state index contributed by atoms with van der Waals surface area (Å²) in [6.07, 6.45) is 3.31. The van der Waals surface area contributed by atoms with Crippen molar-refractivity contribution in [2.75, 3.05) is 13.1 Å². The fourth-order valence-corrected chi connectivity index (χ4v) is 2.70. The Morgan fingerprint density at radius 2 is 2.25 bits per heavy atom. The topological polar surface area (TPSA) is 42.2 Å². The average Bonchev–Trinajstić information content (AvgIpc) is 2.96. The minimum absolute atomic E-state index is 0.670. The van der Waals surface area contributed by atoms with Gasteiger partial charge < -0.3 is 9.42 Å². The van der Waals surface area contributed by atoms with E-state index in [2.05, 4.69) is 15.0 Å². The molecule has 0 atom stereocenters. The van der Waals surface area contributed by atoms with Crippen molar-refractivity contribution in [3.8, 4) is 0 Å². The van der Waals surface area contributed by atoms with Crippen molar-refractivity contribution in [3.63, 3.8) is 0 Å². The lowest BCUT2D eigenvalue weighted by atomic mass is 10.4. The highest BCUT2D eigenvalue weighted by atomic mass is 32.2. The summed E-state index contributed by atoms with van der Waals surface area (Å²) in [7, 11) is 0. The van der Waals surface area contributed by atoms with Crippen molar-refractivity contribution in [1.82, 2.24) is 15.0 Å². The number of thiocarbonyl (C=S) groups is 1. The average molecular weight is 257 g/mol. The van der Waals surface area contributed by atoms with Crippen molar-refractivity contribution in [1.29, 1.82) is 0 Å². The lowest BCUT2D eigenvalue weighted by molar-refractivity contribution is 0.385. The first-order chi connectivity index (χ1) is 7.79. The van der Waals surface area contributed by atoms with Gasteiger partial charge in [-0.15, -0.1) is 0 Å². The number of thioether (sulfide) groups is 1. The molecule has 88 valence electrons. The molecule has 0 N–H and O–H groups in total. The molecule has 1 aromatic heterocycles. The number of likely N-dealkylation sites (tertiary alicyclic amines) is 1. The van der Waals surface area contributed by atoms with Gasteiger partial charge in [0.2, 0.25) is 5.89 Å². The normalized spacial score (nSPS) is 15.7. The van der Waals surface area contributed by atoms with Gasteiger partial charge in [0.05, 0.1) is 5.75 Å². The molecule has 0 bridgehead atoms. The number of aromatic nitrogens is 2. The molecule has 0 aromatic carbocycles. The summed E-state index contributed by atoms with van der Waals surface area (Å²) in [4.78, 5) is 6.50. The summed E-state index contributed by atoms with van der Waals surface area (Å²) in [5.74, 6) is 2.12. The molecular weight excluding hydrogens is 242 g/mol. The Hall–Kier alpha value is -0.620. The van der Waals surface area contributed by atoms with Crippen LogP contribution in [0.3, 0.4) is 0 Å². The van der Waals surface area contributed by atoms with Crippen LogP contribution in [-0.4, -0.2) is 32.5 Å². The smallest absolute Gasteiger partial charge is 0.237 e. The molecular formula is C10H15N3OS2. The SMILES string of the molecule is CCc1noc(CSC(=S)N2CCCC2)n1. The van der Waals surface area contributed by atoms with Crippen molar-refractivity contribution < 1.29 is 4.52 Å². The molecule has 1 fully saturated rings. The largest absolute Gasteiger partial charge is 0.358 e. The standard InChI is InChI=1S/C10H15N3OS2/c1-2-8-11-9(14-12-8)7-16-10(15)13-5-3-4-6-13/h2-7H2,1H3. The van der Waals surface area contributed by atoms with Crippen LogP contribution >= 0.6 is 24.0 Å². The Labute approximate surface area is 105 Å². The molecule has 1 aliphatic heterocycles. The van der Waals surface area contributed by atoms with Gasteiger partial charge in [-0.1, -0.05) is 36.1 Å². The highest BCUT2D eigenvalue weighted by Crippen LogP contribution is 2.19. The van der Waals surface area contributed by atoms with E-state index in [4.69, 9.17) is 16.7 Å². The lowest BCUT2D eigenvalue weighted by Gasteiger charge is -2.16. The van der Waals surface area contributed by atoms with Gasteiger partial charge in [0.15, 0.2) is 5.82 Å². The van der Waals surface area contributed by atoms with E-state index in [0.717, 1.165) is 29.7 Å². The summed E-state index contributed by atoms with van der Waals surface area (Å²) in [6, 6.07) is 0. The van der Waals surface area contributed by atoms with Gasteiger partial charge in [0, 0.05) is 19.5 Å². The number of rotatable bonds is 3. The van der Waals surface area contributed by atoms with E-state index in [1.54, 1.807) is 11.8 Å². The van der Waals surface area contributed by atoms with Gasteiger partial charge in [-0.25, -0.2) is 0 Å². The Bertz CT molecular complexity index is 361. The first-order valence-electron chi connectivity index (χ1n) is 5.52. The van der Waals surface area contributed by atoms with Crippen LogP contribution in [0.15, 0.2) is 4.52 Å². The Balaban J connectivity index is 1.80. The van der Waals surface area contributed by atoms with Crippen LogP contribution in [0.1, 0.15) is 31.5 Å². The molecule has 0 unspecified atom stereocenters. The van der Waals surface area contributed by atoms with Crippen LogP contribution in [-0.2, 0) is 12.2 Å². The molecule has 0 saturated carbocycles. The van der Waals surface area contributed by atoms with Crippen molar-refractivity contribution in [3.05, 3.63) is 11.7 Å². The summed E-state index contributed by atoms with van der Waals surface area (Å²) in [5, 5.41) is 3.85. The summed E-state index contributed by atoms with van der Waals surface area (Å²) in [6.45, 7) is 4.20. The third-order valence-corrected chi connectivity index (χ3v) is 4.02. The second-order valence-electron chi connectivity index (χ2n) is 3.71. The third-order valence-electron chi connectivity index (χ3n) is 2.51. The predicted octanol–water partition coefficient (Wildman–Crippen LogP) is 2.25. The monoisotopic (exact) mass is 257 g/mol. The van der Waals surface area contributed by atoms with Gasteiger partial charge >= 0.3 is 0 Å². The van der Waals surface area contributed by atoms with E-state index in [-0.39, 0.29) is 0 Å². The molecule has 1 saturated heterocycles. The van der Waals surface area contributed by atoms with Gasteiger partial charge in [0.1, 0.15) is 4.32 Å². The molecule has 0 spiro atoms. The molecule has 2 rings (SSSR count). The van der Waals surface area contributed by atoms with E-state index in [9.17, 15) is 0 Å². The van der Waals surface area contributed by atoms with Crippen LogP contribution in [0.5, 0.6) is 0 Å². The Morgan fingerprint density at radius 1 is 1.50 bits per heavy atom. The lowest BCUT2D eigenvalue weighted by Crippen LogP contribution is -2.23. The fourth-order valence-electron chi connectivity index (χ4n) is 1.61. The first-order valence-corrected chi connectivity index (χ1v) is 6.92. The Kier molecular flexibility index (Phi) is 4.17. The molecule has 1 aliphatic rings. The van der Waals surface area contributed by atoms with Crippen LogP contribution in [0, 0.1) is 0 Å². The van der Waals surface area contributed by atoms with Gasteiger partial charge in [-0.05, 0) is 12.8 Å². The molecule has 4 nitrogen and oxygen atoms in total. The highest BCUT2D eigenvalue weighted by Gasteiger charge is 2.16. The third kappa shape index (κ3) is 2.95. The number of hydrogen-bond acceptors (Lipinski definition) is 5. The van der Waals surface area contributed by atoms with Crippen molar-refractivity contribution >= 4 is 28.3 Å². The minimum atomic E-state index is 0.670. The van der Waals surface area contributed by atoms with E-state index in [1.165, 1.54) is 12.8 Å². The summed E-state index contributed by atoms with van der Waals surface area (Å²) in [5.41, 5.74) is 0. The maximum Gasteiger partial charge on any atom is 0.237 e. The maximum absolute atomic E-state index is 5.35. The number of aryl methyl sites for hydroxylation is 1. The summed E-state index contributed by atoms with van der Waals surface area (Å²) < 4.78 is 6.06. The highest BCUT2D eigenvalue weighted by molar-refractivity contribution is 8.22. The first kappa shape index (κ1) is 11.9. The van der Waals surface area contributed by atoms with Gasteiger partial charge in [-0.2, -0.15) is 4.98 Å². The van der Waals surface area contributed by atoms with E-state index in [1.807, 2.05) is 6.92 Å². The second kappa shape index (κ2) is 5.63. The van der Waals surface area contributed by atoms with E-state index < -0.39 is 0 Å². The van der Waals surface area contributed by atoms with Gasteiger partial charge in [0.25, 0.3) is 0 Å². The molecule has 16 heavy (non-hydrogen) atoms. The van der Waals surface area contributed by atoms with E-state index in [0.29, 0.717) is 11.6 Å². The molecule has 0 amide bonds. The number of hydrogen-bond donors (Lipinski definition) is 0. The molecule has 0 aliphatic carbocycles. The minimum Gasteiger partial charge on any atom is -0.358 e. The van der Waals surface area contributed by atoms with Crippen molar-refractivity contribution in [2.24, 2.45) is 0 Å². The second-order valence-corrected chi connectivity index (χ2v) is 5.32. The predicted molar refractivity (Wildman–Crippen MR) is 68.4 cm³/mol. The quantitative estimate of drug-likeness (QED) is 0.774. The zero-order valence-corrected chi connectivity index (χ0v) is 10.9. The number of nitrogens with zero attached hydrogens (tertiary/aromatic N) is 3. The molecule has 6 heteroatoms. The van der Waals surface area contributed by atoms with E-state index >= 15 is 0 Å². The van der Waals surface area contributed by atoms with Crippen LogP contribution in [0.4, 0.5) is 0 Å². The van der Waals surface area contributed by atoms with Gasteiger partial charge in [-0.3, -0.25) is 0 Å². The fraction of sp³-hybridized carbons (Fsp3) is 0.700. The molecule has 1 aromatic rings.